The number of benzene rings is 1. The van der Waals surface area contributed by atoms with E-state index >= 15 is 0 Å². The maximum Gasteiger partial charge on any atom is 0.325 e. The average Bonchev–Trinajstić information content (AvgIpc) is 3.46. The molecular weight excluding hydrogens is 420 g/mol. The molecule has 0 unspecified atom stereocenters. The first-order valence-electron chi connectivity index (χ1n) is 9.52. The van der Waals surface area contributed by atoms with Gasteiger partial charge in [0, 0.05) is 18.5 Å². The lowest BCUT2D eigenvalue weighted by atomic mass is 9.88. The van der Waals surface area contributed by atoms with Crippen LogP contribution in [-0.2, 0) is 9.53 Å². The fourth-order valence-corrected chi connectivity index (χ4v) is 5.10. The Hall–Kier alpha value is -2.75. The van der Waals surface area contributed by atoms with Gasteiger partial charge in [-0.05, 0) is 36.4 Å². The third-order valence-electron chi connectivity index (χ3n) is 5.21. The van der Waals surface area contributed by atoms with Gasteiger partial charge in [-0.25, -0.2) is 4.98 Å². The van der Waals surface area contributed by atoms with Crippen LogP contribution in [0.15, 0.2) is 47.2 Å². The molecule has 1 aliphatic rings. The second kappa shape index (κ2) is 8.55. The number of carbonyl (C=O) groups excluding carboxylic acids is 2. The summed E-state index contributed by atoms with van der Waals surface area (Å²) in [5.74, 6) is -0.630. The normalized spacial score (nSPS) is 15.6. The minimum absolute atomic E-state index is 0.249. The molecule has 0 bridgehead atoms. The van der Waals surface area contributed by atoms with Crippen LogP contribution >= 0.6 is 22.7 Å². The maximum absolute atomic E-state index is 12.8. The zero-order chi connectivity index (χ0) is 21.1. The van der Waals surface area contributed by atoms with Gasteiger partial charge in [-0.15, -0.1) is 22.7 Å². The van der Waals surface area contributed by atoms with Gasteiger partial charge < -0.3 is 20.7 Å². The standard InChI is InChI=1S/C21H22N4O3S2/c1-28-20(27)21(22)8-10-25(11-9-21)16-6-3-2-5-14(16)23-18(26)15-13-30-19(24-15)17-7-4-12-29-17/h2-7,12-13H,8-11,22H2,1H3,(H,23,26). The Morgan fingerprint density at radius 1 is 1.17 bits per heavy atom. The summed E-state index contributed by atoms with van der Waals surface area (Å²) in [7, 11) is 1.36. The summed E-state index contributed by atoms with van der Waals surface area (Å²) in [6.45, 7) is 1.19. The Bertz CT molecular complexity index is 1040. The van der Waals surface area contributed by atoms with Crippen molar-refractivity contribution < 1.29 is 14.3 Å². The molecular formula is C21H22N4O3S2. The molecule has 7 nitrogen and oxygen atoms in total. The predicted octanol–water partition coefficient (Wildman–Crippen LogP) is 3.59. The lowest BCUT2D eigenvalue weighted by Gasteiger charge is -2.38. The Labute approximate surface area is 182 Å². The number of thiophene rings is 1. The number of nitrogens with zero attached hydrogens (tertiary/aromatic N) is 2. The fourth-order valence-electron chi connectivity index (χ4n) is 3.49. The SMILES string of the molecule is COC(=O)C1(N)CCN(c2ccccc2NC(=O)c2csc(-c3cccs3)n2)CC1. The van der Waals surface area contributed by atoms with E-state index in [2.05, 4.69) is 15.2 Å². The smallest absolute Gasteiger partial charge is 0.325 e. The topological polar surface area (TPSA) is 97.5 Å². The van der Waals surface area contributed by atoms with Crippen molar-refractivity contribution in [2.45, 2.75) is 18.4 Å². The molecule has 2 aromatic heterocycles. The first-order chi connectivity index (χ1) is 14.5. The Morgan fingerprint density at radius 3 is 2.63 bits per heavy atom. The molecule has 0 spiro atoms. The van der Waals surface area contributed by atoms with Crippen molar-refractivity contribution in [3.63, 3.8) is 0 Å². The van der Waals surface area contributed by atoms with Gasteiger partial charge in [-0.2, -0.15) is 0 Å². The number of para-hydroxylation sites is 2. The molecule has 1 saturated heterocycles. The third kappa shape index (κ3) is 4.09. The molecule has 0 aliphatic carbocycles. The van der Waals surface area contributed by atoms with Gasteiger partial charge in [-0.3, -0.25) is 9.59 Å². The van der Waals surface area contributed by atoms with Crippen LogP contribution in [0.25, 0.3) is 9.88 Å². The van der Waals surface area contributed by atoms with E-state index in [9.17, 15) is 9.59 Å². The lowest BCUT2D eigenvalue weighted by molar-refractivity contribution is -0.147. The summed E-state index contributed by atoms with van der Waals surface area (Å²) in [5.41, 5.74) is 7.25. The second-order valence-corrected chi connectivity index (χ2v) is 8.93. The zero-order valence-electron chi connectivity index (χ0n) is 16.5. The van der Waals surface area contributed by atoms with Gasteiger partial charge in [0.05, 0.1) is 23.4 Å². The number of nitrogens with one attached hydrogen (secondary N) is 1. The van der Waals surface area contributed by atoms with E-state index in [1.165, 1.54) is 18.4 Å². The third-order valence-corrected chi connectivity index (χ3v) is 7.09. The van der Waals surface area contributed by atoms with E-state index in [1.807, 2.05) is 41.8 Å². The largest absolute Gasteiger partial charge is 0.468 e. The van der Waals surface area contributed by atoms with E-state index < -0.39 is 5.54 Å². The first-order valence-corrected chi connectivity index (χ1v) is 11.3. The predicted molar refractivity (Wildman–Crippen MR) is 120 cm³/mol. The molecule has 9 heteroatoms. The monoisotopic (exact) mass is 442 g/mol. The molecule has 30 heavy (non-hydrogen) atoms. The van der Waals surface area contributed by atoms with Crippen LogP contribution in [0, 0.1) is 0 Å². The van der Waals surface area contributed by atoms with Crippen molar-refractivity contribution >= 4 is 45.9 Å². The molecule has 3 aromatic rings. The zero-order valence-corrected chi connectivity index (χ0v) is 18.1. The quantitative estimate of drug-likeness (QED) is 0.586. The number of thiazole rings is 1. The number of anilines is 2. The second-order valence-electron chi connectivity index (χ2n) is 7.12. The average molecular weight is 443 g/mol. The van der Waals surface area contributed by atoms with Crippen molar-refractivity contribution in [1.29, 1.82) is 0 Å². The molecule has 0 atom stereocenters. The van der Waals surface area contributed by atoms with Crippen LogP contribution in [0.4, 0.5) is 11.4 Å². The van der Waals surface area contributed by atoms with Crippen LogP contribution in [0.1, 0.15) is 23.3 Å². The molecule has 1 amide bonds. The van der Waals surface area contributed by atoms with E-state index in [-0.39, 0.29) is 11.9 Å². The molecule has 1 fully saturated rings. The summed E-state index contributed by atoms with van der Waals surface area (Å²) in [5, 5.41) is 7.57. The van der Waals surface area contributed by atoms with Gasteiger partial charge in [0.1, 0.15) is 16.2 Å². The van der Waals surface area contributed by atoms with Crippen LogP contribution in [-0.4, -0.2) is 42.6 Å². The van der Waals surface area contributed by atoms with Crippen LogP contribution < -0.4 is 16.0 Å². The van der Waals surface area contributed by atoms with Crippen LogP contribution in [0.3, 0.4) is 0 Å². The number of aromatic nitrogens is 1. The Kier molecular flexibility index (Phi) is 5.85. The number of ether oxygens (including phenoxy) is 1. The van der Waals surface area contributed by atoms with Gasteiger partial charge in [-0.1, -0.05) is 18.2 Å². The van der Waals surface area contributed by atoms with E-state index in [1.54, 1.807) is 16.7 Å². The summed E-state index contributed by atoms with van der Waals surface area (Å²) in [6.07, 6.45) is 0.969. The molecule has 156 valence electrons. The molecule has 3 N–H and O–H groups in total. The number of hydrogen-bond donors (Lipinski definition) is 2. The number of piperidine rings is 1. The van der Waals surface area contributed by atoms with Crippen LogP contribution in [0.5, 0.6) is 0 Å². The number of hydrogen-bond acceptors (Lipinski definition) is 8. The van der Waals surface area contributed by atoms with Crippen molar-refractivity contribution in [2.24, 2.45) is 5.73 Å². The summed E-state index contributed by atoms with van der Waals surface area (Å²) < 4.78 is 4.84. The van der Waals surface area contributed by atoms with E-state index in [0.717, 1.165) is 15.6 Å². The summed E-state index contributed by atoms with van der Waals surface area (Å²) in [6, 6.07) is 11.6. The number of carbonyl (C=O) groups is 2. The molecule has 4 rings (SSSR count). The summed E-state index contributed by atoms with van der Waals surface area (Å²) >= 11 is 3.05. The van der Waals surface area contributed by atoms with Gasteiger partial charge in [0.2, 0.25) is 0 Å². The van der Waals surface area contributed by atoms with Gasteiger partial charge in [0.15, 0.2) is 0 Å². The van der Waals surface area contributed by atoms with E-state index in [4.69, 9.17) is 10.5 Å². The fraction of sp³-hybridized carbons (Fsp3) is 0.286. The Balaban J connectivity index is 1.48. The lowest BCUT2D eigenvalue weighted by Crippen LogP contribution is -2.56. The van der Waals surface area contributed by atoms with E-state index in [0.29, 0.717) is 37.3 Å². The minimum atomic E-state index is -0.956. The highest BCUT2D eigenvalue weighted by atomic mass is 32.1. The van der Waals surface area contributed by atoms with Crippen LogP contribution in [0.2, 0.25) is 0 Å². The summed E-state index contributed by atoms with van der Waals surface area (Å²) in [4.78, 5) is 32.4. The van der Waals surface area contributed by atoms with Crippen molar-refractivity contribution in [1.82, 2.24) is 4.98 Å². The molecule has 3 heterocycles. The highest BCUT2D eigenvalue weighted by Gasteiger charge is 2.39. The molecule has 1 aromatic carbocycles. The number of methoxy groups -OCH3 is 1. The van der Waals surface area contributed by atoms with Crippen molar-refractivity contribution in [2.75, 3.05) is 30.4 Å². The molecule has 0 radical (unpaired) electrons. The minimum Gasteiger partial charge on any atom is -0.468 e. The highest BCUT2D eigenvalue weighted by molar-refractivity contribution is 7.20. The van der Waals surface area contributed by atoms with Gasteiger partial charge >= 0.3 is 5.97 Å². The highest BCUT2D eigenvalue weighted by Crippen LogP contribution is 2.32. The van der Waals surface area contributed by atoms with Crippen molar-refractivity contribution in [3.05, 3.63) is 52.9 Å². The number of amides is 1. The number of esters is 1. The maximum atomic E-state index is 12.8. The molecule has 0 saturated carbocycles. The van der Waals surface area contributed by atoms with Crippen molar-refractivity contribution in [3.8, 4) is 9.88 Å². The number of nitrogens with two attached hydrogens (primary N) is 1. The Morgan fingerprint density at radius 2 is 1.93 bits per heavy atom. The van der Waals surface area contributed by atoms with Gasteiger partial charge in [0.25, 0.3) is 5.91 Å². The number of rotatable bonds is 5. The first kappa shape index (κ1) is 20.5. The molecule has 1 aliphatic heterocycles.